The van der Waals surface area contributed by atoms with Gasteiger partial charge in [-0.15, -0.1) is 11.8 Å². The highest BCUT2D eigenvalue weighted by molar-refractivity contribution is 8.00. The van der Waals surface area contributed by atoms with Gasteiger partial charge >= 0.3 is 0 Å². The monoisotopic (exact) mass is 446 g/mol. The third kappa shape index (κ3) is 4.30. The summed E-state index contributed by atoms with van der Waals surface area (Å²) in [5.41, 5.74) is 1.11. The Morgan fingerprint density at radius 2 is 1.63 bits per heavy atom. The van der Waals surface area contributed by atoms with Gasteiger partial charge in [0.1, 0.15) is 18.0 Å². The zero-order chi connectivity index (χ0) is 21.3. The third-order valence-electron chi connectivity index (χ3n) is 5.37. The van der Waals surface area contributed by atoms with Crippen molar-refractivity contribution in [3.8, 4) is 5.75 Å². The van der Waals surface area contributed by atoms with Crippen LogP contribution < -0.4 is 4.74 Å². The van der Waals surface area contributed by atoms with Crippen molar-refractivity contribution >= 4 is 34.1 Å². The first kappa shape index (κ1) is 21.4. The van der Waals surface area contributed by atoms with Crippen LogP contribution in [-0.2, 0) is 6.42 Å². The number of aliphatic hydroxyl groups excluding tert-OH is 4. The van der Waals surface area contributed by atoms with Gasteiger partial charge in [0.05, 0.1) is 18.0 Å². The molecule has 1 fully saturated rings. The van der Waals surface area contributed by atoms with E-state index in [0.717, 1.165) is 33.7 Å². The number of rotatable bonds is 5. The van der Waals surface area contributed by atoms with Crippen molar-refractivity contribution in [3.05, 3.63) is 76.8 Å². The largest absolute Gasteiger partial charge is 0.477 e. The molecule has 5 nitrogen and oxygen atoms in total. The molecule has 4 rings (SSSR count). The van der Waals surface area contributed by atoms with Gasteiger partial charge in [0.15, 0.2) is 5.44 Å². The maximum absolute atomic E-state index is 10.4. The molecule has 1 heterocycles. The van der Waals surface area contributed by atoms with Crippen molar-refractivity contribution in [2.75, 3.05) is 6.61 Å². The molecular weight excluding hydrogens is 424 g/mol. The fourth-order valence-corrected chi connectivity index (χ4v) is 5.17. The lowest BCUT2D eigenvalue weighted by Gasteiger charge is -2.39. The van der Waals surface area contributed by atoms with Crippen LogP contribution in [0.3, 0.4) is 0 Å². The minimum Gasteiger partial charge on any atom is -0.477 e. The van der Waals surface area contributed by atoms with Crippen LogP contribution in [0.2, 0.25) is 5.02 Å². The van der Waals surface area contributed by atoms with E-state index in [1.807, 2.05) is 24.3 Å². The molecule has 0 bridgehead atoms. The summed E-state index contributed by atoms with van der Waals surface area (Å²) < 4.78 is 6.06. The molecule has 5 atom stereocenters. The molecule has 0 radical (unpaired) electrons. The number of ether oxygens (including phenoxy) is 1. The van der Waals surface area contributed by atoms with Gasteiger partial charge < -0.3 is 25.2 Å². The highest BCUT2D eigenvalue weighted by Crippen LogP contribution is 2.36. The first-order valence-electron chi connectivity index (χ1n) is 9.70. The van der Waals surface area contributed by atoms with Gasteiger partial charge in [-0.2, -0.15) is 0 Å². The van der Waals surface area contributed by atoms with Crippen LogP contribution in [0.15, 0.2) is 60.7 Å². The molecule has 1 aliphatic heterocycles. The molecule has 0 unspecified atom stereocenters. The van der Waals surface area contributed by atoms with Crippen molar-refractivity contribution in [1.29, 1.82) is 0 Å². The number of thioether (sulfide) groups is 1. The van der Waals surface area contributed by atoms with E-state index in [1.54, 1.807) is 12.1 Å². The zero-order valence-electron chi connectivity index (χ0n) is 16.1. The predicted molar refractivity (Wildman–Crippen MR) is 119 cm³/mol. The van der Waals surface area contributed by atoms with Crippen LogP contribution in [0.1, 0.15) is 11.1 Å². The number of hydrogen-bond donors (Lipinski definition) is 4. The lowest BCUT2D eigenvalue weighted by atomic mass is 9.98. The Kier molecular flexibility index (Phi) is 6.53. The Hall–Kier alpha value is -1.80. The molecule has 7 heteroatoms. The first-order chi connectivity index (χ1) is 14.5. The Morgan fingerprint density at radius 1 is 0.867 bits per heavy atom. The van der Waals surface area contributed by atoms with Crippen LogP contribution in [0.4, 0.5) is 0 Å². The molecule has 0 aromatic heterocycles. The summed E-state index contributed by atoms with van der Waals surface area (Å²) >= 11 is 7.35. The number of halogens is 1. The lowest BCUT2D eigenvalue weighted by Crippen LogP contribution is -2.55. The molecule has 0 aliphatic carbocycles. The Balaban J connectivity index is 1.64. The van der Waals surface area contributed by atoms with Gasteiger partial charge in [-0.3, -0.25) is 0 Å². The molecule has 3 aromatic rings. The maximum Gasteiger partial charge on any atom is 0.173 e. The number of benzene rings is 3. The molecule has 0 spiro atoms. The van der Waals surface area contributed by atoms with Crippen LogP contribution in [0.5, 0.6) is 5.75 Å². The number of fused-ring (bicyclic) bond motifs is 1. The van der Waals surface area contributed by atoms with Crippen LogP contribution in [0, 0.1) is 0 Å². The van der Waals surface area contributed by atoms with Crippen molar-refractivity contribution in [2.45, 2.75) is 35.4 Å². The van der Waals surface area contributed by atoms with E-state index in [0.29, 0.717) is 17.2 Å². The maximum atomic E-state index is 10.4. The fourth-order valence-electron chi connectivity index (χ4n) is 3.74. The van der Waals surface area contributed by atoms with E-state index < -0.39 is 29.0 Å². The zero-order valence-corrected chi connectivity index (χ0v) is 17.6. The topological polar surface area (TPSA) is 90.2 Å². The highest BCUT2D eigenvalue weighted by atomic mass is 35.5. The second-order valence-corrected chi connectivity index (χ2v) is 9.16. The second kappa shape index (κ2) is 9.14. The summed E-state index contributed by atoms with van der Waals surface area (Å²) in [5, 5.41) is 42.2. The minimum absolute atomic E-state index is 0.334. The average molecular weight is 447 g/mol. The van der Waals surface area contributed by atoms with E-state index >= 15 is 0 Å². The standard InChI is InChI=1S/C23H23ClO5S/c24-16-8-9-18(29-23-22(28)21(27)20(26)19(12-25)30-23)15(11-16)10-14-6-3-5-13-4-1-2-7-17(13)14/h1-9,11,19-23,25-28H,10,12H2/t19-,20-,21+,22-,23-/m1/s1. The van der Waals surface area contributed by atoms with E-state index in [4.69, 9.17) is 16.3 Å². The van der Waals surface area contributed by atoms with E-state index in [-0.39, 0.29) is 6.61 Å². The smallest absolute Gasteiger partial charge is 0.173 e. The Bertz CT molecular complexity index is 1020. The Labute approximate surface area is 183 Å². The fraction of sp³-hybridized carbons (Fsp3) is 0.304. The van der Waals surface area contributed by atoms with E-state index in [9.17, 15) is 20.4 Å². The van der Waals surface area contributed by atoms with Gasteiger partial charge in [-0.1, -0.05) is 54.1 Å². The summed E-state index contributed by atoms with van der Waals surface area (Å²) in [4.78, 5) is 0. The van der Waals surface area contributed by atoms with Crippen molar-refractivity contribution in [2.24, 2.45) is 0 Å². The van der Waals surface area contributed by atoms with E-state index in [1.165, 1.54) is 0 Å². The second-order valence-electron chi connectivity index (χ2n) is 7.38. The molecule has 1 saturated heterocycles. The van der Waals surface area contributed by atoms with Gasteiger partial charge in [-0.05, 0) is 34.5 Å². The summed E-state index contributed by atoms with van der Waals surface area (Å²) in [5.74, 6) is 0.532. The first-order valence-corrected chi connectivity index (χ1v) is 11.0. The number of hydrogen-bond acceptors (Lipinski definition) is 6. The van der Waals surface area contributed by atoms with Crippen LogP contribution in [0.25, 0.3) is 10.8 Å². The molecule has 0 amide bonds. The normalized spacial score (nSPS) is 26.6. The summed E-state index contributed by atoms with van der Waals surface area (Å²) in [6, 6.07) is 19.5. The van der Waals surface area contributed by atoms with Crippen LogP contribution in [-0.4, -0.2) is 56.0 Å². The highest BCUT2D eigenvalue weighted by Gasteiger charge is 2.44. The minimum atomic E-state index is -1.40. The summed E-state index contributed by atoms with van der Waals surface area (Å²) in [6.45, 7) is -0.334. The van der Waals surface area contributed by atoms with Crippen LogP contribution >= 0.6 is 23.4 Å². The van der Waals surface area contributed by atoms with Crippen molar-refractivity contribution in [3.63, 3.8) is 0 Å². The number of aliphatic hydroxyl groups is 4. The quantitative estimate of drug-likeness (QED) is 0.482. The SMILES string of the molecule is OC[C@H]1S[C@@H](Oc2ccc(Cl)cc2Cc2cccc3ccccc23)[C@H](O)[C@@H](O)[C@@H]1O. The lowest BCUT2D eigenvalue weighted by molar-refractivity contribution is -0.0910. The van der Waals surface area contributed by atoms with Gasteiger partial charge in [0, 0.05) is 17.0 Å². The molecular formula is C23H23ClO5S. The third-order valence-corrected chi connectivity index (χ3v) is 7.03. The van der Waals surface area contributed by atoms with Crippen molar-refractivity contribution in [1.82, 2.24) is 0 Å². The Morgan fingerprint density at radius 3 is 2.43 bits per heavy atom. The molecule has 1 aliphatic rings. The molecule has 158 valence electrons. The van der Waals surface area contributed by atoms with Gasteiger partial charge in [0.25, 0.3) is 0 Å². The van der Waals surface area contributed by atoms with Gasteiger partial charge in [-0.25, -0.2) is 0 Å². The summed E-state index contributed by atoms with van der Waals surface area (Å²) in [7, 11) is 0. The average Bonchev–Trinajstić information content (AvgIpc) is 2.76. The molecule has 30 heavy (non-hydrogen) atoms. The van der Waals surface area contributed by atoms with E-state index in [2.05, 4.69) is 24.3 Å². The molecule has 4 N–H and O–H groups in total. The van der Waals surface area contributed by atoms with Crippen molar-refractivity contribution < 1.29 is 25.2 Å². The molecule has 0 saturated carbocycles. The van der Waals surface area contributed by atoms with Gasteiger partial charge in [0.2, 0.25) is 0 Å². The predicted octanol–water partition coefficient (Wildman–Crippen LogP) is 2.98. The summed E-state index contributed by atoms with van der Waals surface area (Å²) in [6.07, 6.45) is -3.36. The molecule has 3 aromatic carbocycles.